The first-order valence-corrected chi connectivity index (χ1v) is 11.2. The number of amidine groups is 1. The molecule has 4 aromatic rings. The summed E-state index contributed by atoms with van der Waals surface area (Å²) in [6.07, 6.45) is -0.482. The van der Waals surface area contributed by atoms with Gasteiger partial charge in [-0.2, -0.15) is 22.0 Å². The van der Waals surface area contributed by atoms with Crippen LogP contribution >= 0.6 is 11.6 Å². The largest absolute Gasteiger partial charge is 0.490 e. The second kappa shape index (κ2) is 9.27. The van der Waals surface area contributed by atoms with E-state index in [1.165, 1.54) is 12.3 Å². The van der Waals surface area contributed by atoms with Crippen LogP contribution < -0.4 is 10.5 Å². The summed E-state index contributed by atoms with van der Waals surface area (Å²) in [6.45, 7) is 0. The van der Waals surface area contributed by atoms with Gasteiger partial charge < -0.3 is 15.6 Å². The number of alkyl halides is 3. The van der Waals surface area contributed by atoms with Gasteiger partial charge in [0.15, 0.2) is 5.75 Å². The van der Waals surface area contributed by atoms with Crippen molar-refractivity contribution in [2.75, 3.05) is 0 Å². The molecular weight excluding hydrogens is 549 g/mol. The van der Waals surface area contributed by atoms with Gasteiger partial charge in [-0.15, -0.1) is 0 Å². The second-order valence-electron chi connectivity index (χ2n) is 8.20. The van der Waals surface area contributed by atoms with Crippen LogP contribution in [0.15, 0.2) is 66.0 Å². The highest BCUT2D eigenvalue weighted by molar-refractivity contribution is 6.29. The molecule has 3 aromatic heterocycles. The fraction of sp³-hybridized carbons (Fsp3) is 0.0800. The number of aromatic nitrogens is 3. The molecule has 0 fully saturated rings. The Hall–Kier alpha value is -4.65. The van der Waals surface area contributed by atoms with E-state index in [0.717, 1.165) is 0 Å². The topological polar surface area (TPSA) is 124 Å². The first-order chi connectivity index (χ1) is 18.4. The van der Waals surface area contributed by atoms with Crippen molar-refractivity contribution in [1.29, 1.82) is 0 Å². The molecule has 2 aliphatic rings. The summed E-state index contributed by atoms with van der Waals surface area (Å²) in [5.74, 6) is -3.75. The molecule has 0 radical (unpaired) electrons. The average molecular weight is 562 g/mol. The molecule has 198 valence electrons. The van der Waals surface area contributed by atoms with Gasteiger partial charge in [0.2, 0.25) is 5.95 Å². The molecule has 0 amide bonds. The number of ether oxygens (including phenoxy) is 1. The maximum atomic E-state index is 14.9. The van der Waals surface area contributed by atoms with E-state index in [1.807, 2.05) is 0 Å². The number of carboxylic acids is 1. The number of fused-ring (bicyclic) bond motifs is 6. The maximum Gasteiger partial charge on any atom is 0.490 e. The zero-order chi connectivity index (χ0) is 28.1. The summed E-state index contributed by atoms with van der Waals surface area (Å²) >= 11 is 6.12. The number of nitrogens with two attached hydrogens (primary N) is 1. The highest BCUT2D eigenvalue weighted by Crippen LogP contribution is 2.56. The summed E-state index contributed by atoms with van der Waals surface area (Å²) < 4.78 is 66.9. The Morgan fingerprint density at radius 2 is 1.74 bits per heavy atom. The van der Waals surface area contributed by atoms with Gasteiger partial charge >= 0.3 is 12.1 Å². The van der Waals surface area contributed by atoms with E-state index < -0.39 is 29.6 Å². The third-order valence-corrected chi connectivity index (χ3v) is 6.15. The number of halogens is 6. The Labute approximate surface area is 220 Å². The Morgan fingerprint density at radius 1 is 1.00 bits per heavy atom. The van der Waals surface area contributed by atoms with Crippen molar-refractivity contribution in [3.8, 4) is 22.6 Å². The molecular formula is C25H13ClF5N5O3. The van der Waals surface area contributed by atoms with Crippen LogP contribution in [0, 0.1) is 11.9 Å². The van der Waals surface area contributed by atoms with Crippen LogP contribution in [0.1, 0.15) is 22.3 Å². The van der Waals surface area contributed by atoms with Crippen LogP contribution in [-0.4, -0.2) is 38.0 Å². The van der Waals surface area contributed by atoms with E-state index >= 15 is 0 Å². The van der Waals surface area contributed by atoms with Crippen LogP contribution in [0.25, 0.3) is 11.1 Å². The van der Waals surface area contributed by atoms with Crippen molar-refractivity contribution in [2.45, 2.75) is 11.7 Å². The monoisotopic (exact) mass is 561 g/mol. The lowest BCUT2D eigenvalue weighted by Crippen LogP contribution is -2.30. The summed E-state index contributed by atoms with van der Waals surface area (Å²) in [7, 11) is 0. The highest BCUT2D eigenvalue weighted by atomic mass is 35.5. The van der Waals surface area contributed by atoms with Crippen molar-refractivity contribution in [3.63, 3.8) is 0 Å². The zero-order valence-electron chi connectivity index (χ0n) is 19.2. The number of carbonyl (C=O) groups is 1. The van der Waals surface area contributed by atoms with Gasteiger partial charge in [-0.1, -0.05) is 17.7 Å². The molecule has 2 aliphatic heterocycles. The highest BCUT2D eigenvalue weighted by Gasteiger charge is 2.50. The third-order valence-electron chi connectivity index (χ3n) is 5.96. The van der Waals surface area contributed by atoms with Gasteiger partial charge in [-0.05, 0) is 42.0 Å². The van der Waals surface area contributed by atoms with Crippen LogP contribution in [0.2, 0.25) is 5.15 Å². The fourth-order valence-corrected chi connectivity index (χ4v) is 4.57. The molecule has 6 rings (SSSR count). The normalized spacial score (nSPS) is 16.7. The van der Waals surface area contributed by atoms with Crippen LogP contribution in [0.4, 0.5) is 22.0 Å². The molecule has 1 atom stereocenters. The standard InChI is InChI=1S/C23H12ClF2N5O.C2HF3O2/c24-18-9-15-19(21(26)30-18)32-17-4-3-11(12-2-1-6-29-20(12)25)8-14(17)23(15)16-10-28-7-5-13(16)22(27)31-23;3-2(4,5)1(6)7/h1-10H,(H2,27,31);(H,6,7)/t23-;/m1./s1. The van der Waals surface area contributed by atoms with Gasteiger partial charge in [-0.25, -0.2) is 19.8 Å². The number of hydrogen-bond acceptors (Lipinski definition) is 7. The lowest BCUT2D eigenvalue weighted by atomic mass is 9.75. The number of rotatable bonds is 1. The molecule has 3 N–H and O–H groups in total. The zero-order valence-corrected chi connectivity index (χ0v) is 19.9. The number of nitrogens with zero attached hydrogens (tertiary/aromatic N) is 4. The minimum atomic E-state index is -5.08. The Balaban J connectivity index is 0.000000392. The van der Waals surface area contributed by atoms with Gasteiger partial charge in [0.25, 0.3) is 5.95 Å². The molecule has 0 bridgehead atoms. The number of hydrogen-bond donors (Lipinski definition) is 2. The summed E-state index contributed by atoms with van der Waals surface area (Å²) in [6, 6.07) is 11.5. The lowest BCUT2D eigenvalue weighted by Gasteiger charge is -2.35. The molecule has 14 heteroatoms. The smallest absolute Gasteiger partial charge is 0.475 e. The van der Waals surface area contributed by atoms with E-state index in [-0.39, 0.29) is 16.7 Å². The van der Waals surface area contributed by atoms with Crippen molar-refractivity contribution in [1.82, 2.24) is 15.0 Å². The number of carboxylic acid groups (broad SMARTS) is 1. The first kappa shape index (κ1) is 26.0. The van der Waals surface area contributed by atoms with Crippen LogP contribution in [0.3, 0.4) is 0 Å². The number of pyridine rings is 3. The van der Waals surface area contributed by atoms with Gasteiger partial charge in [0.1, 0.15) is 22.3 Å². The number of benzene rings is 1. The minimum absolute atomic E-state index is 0.0618. The molecule has 1 aromatic carbocycles. The SMILES string of the molecule is NC1=N[C@@]2(c3cc(-c4cccnc4F)ccc3Oc3c2cc(Cl)nc3F)c2cnccc21.O=C(O)C(F)(F)F. The molecule has 0 saturated heterocycles. The first-order valence-electron chi connectivity index (χ1n) is 10.8. The van der Waals surface area contributed by atoms with Gasteiger partial charge in [0.05, 0.1) is 0 Å². The van der Waals surface area contributed by atoms with Crippen molar-refractivity contribution < 1.29 is 36.6 Å². The van der Waals surface area contributed by atoms with E-state index in [2.05, 4.69) is 15.0 Å². The average Bonchev–Trinajstić information content (AvgIpc) is 3.18. The van der Waals surface area contributed by atoms with Gasteiger partial charge in [0, 0.05) is 46.4 Å². The van der Waals surface area contributed by atoms with E-state index in [0.29, 0.717) is 39.1 Å². The number of aliphatic imine (C=N–C) groups is 1. The molecule has 0 saturated carbocycles. The summed E-state index contributed by atoms with van der Waals surface area (Å²) in [5, 5.41) is 7.06. The molecule has 5 heterocycles. The summed E-state index contributed by atoms with van der Waals surface area (Å²) in [4.78, 5) is 25.3. The number of aliphatic carboxylic acids is 1. The van der Waals surface area contributed by atoms with Crippen molar-refractivity contribution >= 4 is 23.4 Å². The minimum Gasteiger partial charge on any atom is -0.475 e. The lowest BCUT2D eigenvalue weighted by molar-refractivity contribution is -0.192. The van der Waals surface area contributed by atoms with Crippen LogP contribution in [0.5, 0.6) is 11.5 Å². The molecule has 1 spiro atoms. The quantitative estimate of drug-likeness (QED) is 0.241. The van der Waals surface area contributed by atoms with E-state index in [4.69, 9.17) is 37.0 Å². The predicted molar refractivity (Wildman–Crippen MR) is 127 cm³/mol. The Bertz CT molecular complexity index is 1680. The van der Waals surface area contributed by atoms with E-state index in [1.54, 1.807) is 48.8 Å². The van der Waals surface area contributed by atoms with Crippen molar-refractivity contribution in [2.24, 2.45) is 10.7 Å². The van der Waals surface area contributed by atoms with Gasteiger partial charge in [-0.3, -0.25) is 4.98 Å². The molecule has 0 unspecified atom stereocenters. The molecule has 0 aliphatic carbocycles. The predicted octanol–water partition coefficient (Wildman–Crippen LogP) is 5.22. The molecule has 8 nitrogen and oxygen atoms in total. The van der Waals surface area contributed by atoms with E-state index in [9.17, 15) is 22.0 Å². The van der Waals surface area contributed by atoms with Crippen LogP contribution in [-0.2, 0) is 10.3 Å². The second-order valence-corrected chi connectivity index (χ2v) is 8.59. The Morgan fingerprint density at radius 3 is 2.44 bits per heavy atom. The summed E-state index contributed by atoms with van der Waals surface area (Å²) in [5.41, 5.74) is 8.01. The maximum absolute atomic E-state index is 14.9. The van der Waals surface area contributed by atoms with Crippen molar-refractivity contribution in [3.05, 3.63) is 100 Å². The molecule has 39 heavy (non-hydrogen) atoms. The third kappa shape index (κ3) is 4.30. The Kier molecular flexibility index (Phi) is 6.18. The fourth-order valence-electron chi connectivity index (χ4n) is 4.38.